The number of phenolic OH excluding ortho intramolecular Hbond substituents is 1. The summed E-state index contributed by atoms with van der Waals surface area (Å²) in [4.78, 5) is 0. The van der Waals surface area contributed by atoms with Crippen molar-refractivity contribution in [2.45, 2.75) is 25.4 Å². The van der Waals surface area contributed by atoms with Crippen LogP contribution in [0.15, 0.2) is 18.2 Å². The lowest BCUT2D eigenvalue weighted by Crippen LogP contribution is -2.31. The molecule has 2 rings (SSSR count). The second-order valence-electron chi connectivity index (χ2n) is 4.15. The fraction of sp³-hybridized carbons (Fsp3) is 0.500. The minimum Gasteiger partial charge on any atom is -0.508 e. The molecule has 2 atom stereocenters. The molecule has 16 heavy (non-hydrogen) atoms. The van der Waals surface area contributed by atoms with Crippen LogP contribution in [-0.2, 0) is 4.74 Å². The lowest BCUT2D eigenvalue weighted by molar-refractivity contribution is 0.188. The van der Waals surface area contributed by atoms with Crippen LogP contribution in [0.3, 0.4) is 0 Å². The summed E-state index contributed by atoms with van der Waals surface area (Å²) in [6, 6.07) is 4.42. The molecule has 4 heteroatoms. The molecule has 1 fully saturated rings. The van der Waals surface area contributed by atoms with Crippen LogP contribution in [0.1, 0.15) is 24.9 Å². The first-order valence-electron chi connectivity index (χ1n) is 5.49. The van der Waals surface area contributed by atoms with E-state index >= 15 is 0 Å². The Kier molecular flexibility index (Phi) is 3.41. The van der Waals surface area contributed by atoms with Crippen LogP contribution in [0, 0.1) is 5.82 Å². The number of phenols is 1. The molecule has 1 saturated heterocycles. The summed E-state index contributed by atoms with van der Waals surface area (Å²) in [5.74, 6) is -0.420. The number of hydrogen-bond donors (Lipinski definition) is 2. The summed E-state index contributed by atoms with van der Waals surface area (Å²) in [5, 5.41) is 13.0. The number of benzene rings is 1. The summed E-state index contributed by atoms with van der Waals surface area (Å²) >= 11 is 0. The first kappa shape index (κ1) is 11.4. The van der Waals surface area contributed by atoms with Crippen molar-refractivity contribution in [2.24, 2.45) is 0 Å². The zero-order chi connectivity index (χ0) is 11.5. The van der Waals surface area contributed by atoms with E-state index < -0.39 is 5.82 Å². The number of hydrogen-bond acceptors (Lipinski definition) is 3. The molecule has 0 bridgehead atoms. The van der Waals surface area contributed by atoms with E-state index in [0.29, 0.717) is 18.2 Å². The van der Waals surface area contributed by atoms with E-state index in [-0.39, 0.29) is 11.8 Å². The Labute approximate surface area is 94.2 Å². The van der Waals surface area contributed by atoms with Crippen molar-refractivity contribution in [1.29, 1.82) is 0 Å². The average Bonchev–Trinajstić information content (AvgIpc) is 2.70. The minimum atomic E-state index is -0.419. The Bertz CT molecular complexity index is 364. The van der Waals surface area contributed by atoms with Gasteiger partial charge in [-0.3, -0.25) is 0 Å². The molecule has 1 aliphatic heterocycles. The molecule has 0 aromatic heterocycles. The highest BCUT2D eigenvalue weighted by atomic mass is 19.1. The van der Waals surface area contributed by atoms with Crippen LogP contribution in [0.5, 0.6) is 5.75 Å². The highest BCUT2D eigenvalue weighted by molar-refractivity contribution is 5.34. The molecule has 0 amide bonds. The molecule has 0 spiro atoms. The Morgan fingerprint density at radius 1 is 1.56 bits per heavy atom. The Morgan fingerprint density at radius 3 is 3.00 bits per heavy atom. The molecule has 1 aliphatic rings. The van der Waals surface area contributed by atoms with Gasteiger partial charge in [0.15, 0.2) is 0 Å². The zero-order valence-corrected chi connectivity index (χ0v) is 9.24. The lowest BCUT2D eigenvalue weighted by Gasteiger charge is -2.19. The first-order valence-corrected chi connectivity index (χ1v) is 5.49. The molecule has 1 heterocycles. The normalized spacial score (nSPS) is 22.2. The topological polar surface area (TPSA) is 41.5 Å². The maximum absolute atomic E-state index is 12.8. The summed E-state index contributed by atoms with van der Waals surface area (Å²) in [6.07, 6.45) is 0.978. The average molecular weight is 225 g/mol. The van der Waals surface area contributed by atoms with Crippen molar-refractivity contribution in [3.8, 4) is 5.75 Å². The number of aromatic hydroxyl groups is 1. The molecule has 88 valence electrons. The van der Waals surface area contributed by atoms with Gasteiger partial charge in [-0.25, -0.2) is 4.39 Å². The van der Waals surface area contributed by atoms with Gasteiger partial charge < -0.3 is 15.2 Å². The highest BCUT2D eigenvalue weighted by Gasteiger charge is 2.19. The first-order chi connectivity index (χ1) is 7.66. The fourth-order valence-corrected chi connectivity index (χ4v) is 1.99. The van der Waals surface area contributed by atoms with E-state index in [1.807, 2.05) is 6.92 Å². The van der Waals surface area contributed by atoms with Crippen molar-refractivity contribution in [3.05, 3.63) is 29.6 Å². The third kappa shape index (κ3) is 2.51. The van der Waals surface area contributed by atoms with E-state index in [1.54, 1.807) is 6.07 Å². The summed E-state index contributed by atoms with van der Waals surface area (Å²) < 4.78 is 18.1. The van der Waals surface area contributed by atoms with Gasteiger partial charge in [0.05, 0.1) is 6.61 Å². The summed E-state index contributed by atoms with van der Waals surface area (Å²) in [6.45, 7) is 3.43. The summed E-state index contributed by atoms with van der Waals surface area (Å²) in [7, 11) is 0. The van der Waals surface area contributed by atoms with Gasteiger partial charge in [0, 0.05) is 30.3 Å². The van der Waals surface area contributed by atoms with E-state index in [0.717, 1.165) is 19.1 Å². The number of rotatable bonds is 3. The molecular weight excluding hydrogens is 209 g/mol. The fourth-order valence-electron chi connectivity index (χ4n) is 1.99. The molecule has 2 unspecified atom stereocenters. The molecule has 0 saturated carbocycles. The molecule has 0 aliphatic carbocycles. The number of ether oxygens (including phenoxy) is 1. The van der Waals surface area contributed by atoms with Crippen molar-refractivity contribution >= 4 is 0 Å². The van der Waals surface area contributed by atoms with Crippen LogP contribution in [0.2, 0.25) is 0 Å². The van der Waals surface area contributed by atoms with E-state index in [2.05, 4.69) is 5.32 Å². The van der Waals surface area contributed by atoms with E-state index in [9.17, 15) is 9.50 Å². The van der Waals surface area contributed by atoms with Crippen molar-refractivity contribution in [3.63, 3.8) is 0 Å². The van der Waals surface area contributed by atoms with E-state index in [4.69, 9.17) is 4.74 Å². The standard InChI is InChI=1S/C12H16FNO2/c1-8(14-10-4-5-16-7-10)11-3-2-9(13)6-12(11)15/h2-3,6,8,10,14-15H,4-5,7H2,1H3. The van der Waals surface area contributed by atoms with Gasteiger partial charge in [-0.05, 0) is 19.4 Å². The van der Waals surface area contributed by atoms with Gasteiger partial charge in [-0.1, -0.05) is 6.07 Å². The Balaban J connectivity index is 2.04. The van der Waals surface area contributed by atoms with Crippen molar-refractivity contribution in [2.75, 3.05) is 13.2 Å². The third-order valence-corrected chi connectivity index (χ3v) is 2.87. The van der Waals surface area contributed by atoms with Gasteiger partial charge >= 0.3 is 0 Å². The number of nitrogens with one attached hydrogen (secondary N) is 1. The Morgan fingerprint density at radius 2 is 2.38 bits per heavy atom. The van der Waals surface area contributed by atoms with Crippen molar-refractivity contribution in [1.82, 2.24) is 5.32 Å². The van der Waals surface area contributed by atoms with Gasteiger partial charge in [0.1, 0.15) is 11.6 Å². The van der Waals surface area contributed by atoms with Gasteiger partial charge in [0.25, 0.3) is 0 Å². The third-order valence-electron chi connectivity index (χ3n) is 2.87. The molecule has 1 aromatic carbocycles. The maximum Gasteiger partial charge on any atom is 0.126 e. The quantitative estimate of drug-likeness (QED) is 0.826. The monoisotopic (exact) mass is 225 g/mol. The Hall–Kier alpha value is -1.13. The van der Waals surface area contributed by atoms with Crippen LogP contribution >= 0.6 is 0 Å². The largest absolute Gasteiger partial charge is 0.508 e. The van der Waals surface area contributed by atoms with E-state index in [1.165, 1.54) is 6.07 Å². The predicted octanol–water partition coefficient (Wildman–Crippen LogP) is 1.97. The maximum atomic E-state index is 12.8. The molecule has 1 aromatic rings. The second-order valence-corrected chi connectivity index (χ2v) is 4.15. The second kappa shape index (κ2) is 4.80. The van der Waals surface area contributed by atoms with Crippen LogP contribution in [0.25, 0.3) is 0 Å². The molecule has 2 N–H and O–H groups in total. The smallest absolute Gasteiger partial charge is 0.126 e. The number of halogens is 1. The van der Waals surface area contributed by atoms with Crippen LogP contribution < -0.4 is 5.32 Å². The summed E-state index contributed by atoms with van der Waals surface area (Å²) in [5.41, 5.74) is 0.716. The molecule has 3 nitrogen and oxygen atoms in total. The van der Waals surface area contributed by atoms with Gasteiger partial charge in [-0.15, -0.1) is 0 Å². The zero-order valence-electron chi connectivity index (χ0n) is 9.24. The molecular formula is C12H16FNO2. The highest BCUT2D eigenvalue weighted by Crippen LogP contribution is 2.25. The van der Waals surface area contributed by atoms with Gasteiger partial charge in [-0.2, -0.15) is 0 Å². The van der Waals surface area contributed by atoms with Crippen LogP contribution in [0.4, 0.5) is 4.39 Å². The SMILES string of the molecule is CC(NC1CCOC1)c1ccc(F)cc1O. The minimum absolute atomic E-state index is 0.00100. The van der Waals surface area contributed by atoms with Crippen LogP contribution in [-0.4, -0.2) is 24.4 Å². The van der Waals surface area contributed by atoms with Gasteiger partial charge in [0.2, 0.25) is 0 Å². The van der Waals surface area contributed by atoms with Crippen molar-refractivity contribution < 1.29 is 14.2 Å². The predicted molar refractivity (Wildman–Crippen MR) is 58.8 cm³/mol. The lowest BCUT2D eigenvalue weighted by atomic mass is 10.1. The molecule has 0 radical (unpaired) electrons.